The minimum atomic E-state index is -0.576. The fourth-order valence-electron chi connectivity index (χ4n) is 2.29. The first-order chi connectivity index (χ1) is 13.4. The summed E-state index contributed by atoms with van der Waals surface area (Å²) >= 11 is 0.998. The molecule has 0 aliphatic rings. The highest BCUT2D eigenvalue weighted by Crippen LogP contribution is 2.30. The molecule has 9 heteroatoms. The van der Waals surface area contributed by atoms with Gasteiger partial charge < -0.3 is 14.8 Å². The molecule has 0 aromatic heterocycles. The Morgan fingerprint density at radius 2 is 1.89 bits per heavy atom. The van der Waals surface area contributed by atoms with Crippen molar-refractivity contribution in [3.63, 3.8) is 0 Å². The third kappa shape index (κ3) is 5.98. The molecule has 0 atom stereocenters. The van der Waals surface area contributed by atoms with Crippen molar-refractivity contribution in [1.82, 2.24) is 5.32 Å². The van der Waals surface area contributed by atoms with Crippen molar-refractivity contribution in [3.05, 3.63) is 63.7 Å². The highest BCUT2D eigenvalue weighted by atomic mass is 32.2. The third-order valence-corrected chi connectivity index (χ3v) is 4.72. The van der Waals surface area contributed by atoms with Gasteiger partial charge in [0.15, 0.2) is 0 Å². The van der Waals surface area contributed by atoms with Crippen LogP contribution in [0.2, 0.25) is 0 Å². The minimum Gasteiger partial charge on any atom is -0.497 e. The van der Waals surface area contributed by atoms with Crippen molar-refractivity contribution in [1.29, 1.82) is 0 Å². The van der Waals surface area contributed by atoms with E-state index in [0.717, 1.165) is 17.3 Å². The molecule has 0 heterocycles. The Bertz CT molecular complexity index is 854. The number of esters is 1. The molecule has 2 aromatic carbocycles. The number of hydrogen-bond acceptors (Lipinski definition) is 7. The van der Waals surface area contributed by atoms with Crippen LogP contribution >= 0.6 is 11.8 Å². The summed E-state index contributed by atoms with van der Waals surface area (Å²) < 4.78 is 9.89. The minimum absolute atomic E-state index is 0.0440. The second-order valence-electron chi connectivity index (χ2n) is 5.56. The topological polar surface area (TPSA) is 108 Å². The molecule has 148 valence electrons. The number of benzene rings is 2. The Balaban J connectivity index is 2.05. The van der Waals surface area contributed by atoms with Gasteiger partial charge in [-0.15, -0.1) is 11.8 Å². The molecular formula is C19H20N2O6S. The van der Waals surface area contributed by atoms with E-state index < -0.39 is 16.8 Å². The largest absolute Gasteiger partial charge is 0.497 e. The van der Waals surface area contributed by atoms with Crippen LogP contribution in [0.25, 0.3) is 0 Å². The molecule has 0 bridgehead atoms. The van der Waals surface area contributed by atoms with Gasteiger partial charge in [0.1, 0.15) is 5.75 Å². The Hall–Kier alpha value is -3.07. The molecular weight excluding hydrogens is 384 g/mol. The predicted molar refractivity (Wildman–Crippen MR) is 105 cm³/mol. The van der Waals surface area contributed by atoms with Gasteiger partial charge in [0, 0.05) is 18.2 Å². The number of rotatable bonds is 9. The maximum absolute atomic E-state index is 12.3. The van der Waals surface area contributed by atoms with Crippen LogP contribution in [-0.2, 0) is 16.1 Å². The van der Waals surface area contributed by atoms with Crippen molar-refractivity contribution < 1.29 is 24.0 Å². The Morgan fingerprint density at radius 3 is 2.50 bits per heavy atom. The van der Waals surface area contributed by atoms with Crippen molar-refractivity contribution in [2.75, 3.05) is 19.5 Å². The van der Waals surface area contributed by atoms with E-state index in [4.69, 9.17) is 9.47 Å². The van der Waals surface area contributed by atoms with Crippen LogP contribution in [0.4, 0.5) is 5.69 Å². The zero-order chi connectivity index (χ0) is 20.5. The van der Waals surface area contributed by atoms with E-state index in [9.17, 15) is 19.7 Å². The molecule has 2 aromatic rings. The second kappa shape index (κ2) is 10.3. The summed E-state index contributed by atoms with van der Waals surface area (Å²) in [6.07, 6.45) is 0. The smallest absolute Gasteiger partial charge is 0.316 e. The fourth-order valence-corrected chi connectivity index (χ4v) is 3.09. The summed E-state index contributed by atoms with van der Waals surface area (Å²) in [5, 5.41) is 14.1. The van der Waals surface area contributed by atoms with Crippen LogP contribution in [0.15, 0.2) is 47.4 Å². The first-order valence-electron chi connectivity index (χ1n) is 8.42. The van der Waals surface area contributed by atoms with Gasteiger partial charge in [-0.25, -0.2) is 0 Å². The molecule has 1 amide bonds. The summed E-state index contributed by atoms with van der Waals surface area (Å²) in [6.45, 7) is 2.20. The SMILES string of the molecule is CCOC(=O)CSc1ccc(C(=O)NCc2ccc(OC)cc2)cc1[N+](=O)[O-]. The predicted octanol–water partition coefficient (Wildman–Crippen LogP) is 3.19. The van der Waals surface area contributed by atoms with E-state index in [1.165, 1.54) is 18.2 Å². The zero-order valence-electron chi connectivity index (χ0n) is 15.5. The van der Waals surface area contributed by atoms with Gasteiger partial charge >= 0.3 is 5.97 Å². The maximum Gasteiger partial charge on any atom is 0.316 e. The first kappa shape index (κ1) is 21.2. The molecule has 8 nitrogen and oxygen atoms in total. The van der Waals surface area contributed by atoms with E-state index in [2.05, 4.69) is 5.32 Å². The highest BCUT2D eigenvalue weighted by Gasteiger charge is 2.19. The molecule has 0 spiro atoms. The van der Waals surface area contributed by atoms with Crippen molar-refractivity contribution in [2.24, 2.45) is 0 Å². The van der Waals surface area contributed by atoms with Crippen LogP contribution in [-0.4, -0.2) is 36.3 Å². The van der Waals surface area contributed by atoms with E-state index in [0.29, 0.717) is 10.6 Å². The molecule has 0 fully saturated rings. The van der Waals surface area contributed by atoms with Crippen LogP contribution in [0.3, 0.4) is 0 Å². The number of carbonyl (C=O) groups excluding carboxylic acids is 2. The number of nitro groups is 1. The van der Waals surface area contributed by atoms with E-state index >= 15 is 0 Å². The lowest BCUT2D eigenvalue weighted by Crippen LogP contribution is -2.22. The molecule has 0 aliphatic heterocycles. The summed E-state index contributed by atoms with van der Waals surface area (Å²) in [6, 6.07) is 11.3. The second-order valence-corrected chi connectivity index (χ2v) is 6.58. The normalized spacial score (nSPS) is 10.2. The van der Waals surface area contributed by atoms with Gasteiger partial charge in [-0.1, -0.05) is 12.1 Å². The lowest BCUT2D eigenvalue weighted by atomic mass is 10.1. The van der Waals surface area contributed by atoms with Crippen LogP contribution in [0.1, 0.15) is 22.8 Å². The van der Waals surface area contributed by atoms with Crippen molar-refractivity contribution in [2.45, 2.75) is 18.4 Å². The van der Waals surface area contributed by atoms with Crippen LogP contribution in [0.5, 0.6) is 5.75 Å². The summed E-state index contributed by atoms with van der Waals surface area (Å²) in [7, 11) is 1.57. The van der Waals surface area contributed by atoms with Gasteiger partial charge in [-0.2, -0.15) is 0 Å². The van der Waals surface area contributed by atoms with E-state index in [1.807, 2.05) is 12.1 Å². The average Bonchev–Trinajstić information content (AvgIpc) is 2.70. The lowest BCUT2D eigenvalue weighted by Gasteiger charge is -2.08. The van der Waals surface area contributed by atoms with Gasteiger partial charge in [0.25, 0.3) is 11.6 Å². The first-order valence-corrected chi connectivity index (χ1v) is 9.41. The number of carbonyl (C=O) groups is 2. The zero-order valence-corrected chi connectivity index (χ0v) is 16.3. The lowest BCUT2D eigenvalue weighted by molar-refractivity contribution is -0.387. The molecule has 0 radical (unpaired) electrons. The summed E-state index contributed by atoms with van der Waals surface area (Å²) in [4.78, 5) is 34.8. The summed E-state index contributed by atoms with van der Waals surface area (Å²) in [5.74, 6) is -0.219. The number of thioether (sulfide) groups is 1. The molecule has 0 aliphatic carbocycles. The number of nitro benzene ring substituents is 1. The number of amides is 1. The molecule has 0 saturated carbocycles. The van der Waals surface area contributed by atoms with Gasteiger partial charge in [-0.3, -0.25) is 19.7 Å². The Morgan fingerprint density at radius 1 is 1.18 bits per heavy atom. The van der Waals surface area contributed by atoms with Gasteiger partial charge in [0.2, 0.25) is 0 Å². The molecule has 2 rings (SSSR count). The number of nitrogens with one attached hydrogen (secondary N) is 1. The van der Waals surface area contributed by atoms with Crippen molar-refractivity contribution in [3.8, 4) is 5.75 Å². The van der Waals surface area contributed by atoms with Crippen LogP contribution in [0, 0.1) is 10.1 Å². The molecule has 0 unspecified atom stereocenters. The Kier molecular flexibility index (Phi) is 7.82. The van der Waals surface area contributed by atoms with Crippen molar-refractivity contribution >= 4 is 29.3 Å². The quantitative estimate of drug-likeness (QED) is 0.296. The van der Waals surface area contributed by atoms with E-state index in [-0.39, 0.29) is 30.2 Å². The molecule has 0 saturated heterocycles. The van der Waals surface area contributed by atoms with E-state index in [1.54, 1.807) is 26.2 Å². The Labute approximate surface area is 166 Å². The molecule has 28 heavy (non-hydrogen) atoms. The standard InChI is InChI=1S/C19H20N2O6S/c1-3-27-18(22)12-28-17-9-6-14(10-16(17)21(24)25)19(23)20-11-13-4-7-15(26-2)8-5-13/h4-10H,3,11-12H2,1-2H3,(H,20,23). The number of hydrogen-bond donors (Lipinski definition) is 1. The fraction of sp³-hybridized carbons (Fsp3) is 0.263. The van der Waals surface area contributed by atoms with Gasteiger partial charge in [0.05, 0.1) is 29.3 Å². The number of ether oxygens (including phenoxy) is 2. The monoisotopic (exact) mass is 404 g/mol. The average molecular weight is 404 g/mol. The summed E-state index contributed by atoms with van der Waals surface area (Å²) in [5.41, 5.74) is 0.803. The third-order valence-electron chi connectivity index (χ3n) is 3.68. The van der Waals surface area contributed by atoms with Gasteiger partial charge in [-0.05, 0) is 36.8 Å². The van der Waals surface area contributed by atoms with Crippen LogP contribution < -0.4 is 10.1 Å². The number of nitrogens with zero attached hydrogens (tertiary/aromatic N) is 1. The highest BCUT2D eigenvalue weighted by molar-refractivity contribution is 8.00. The maximum atomic E-state index is 12.3. The molecule has 1 N–H and O–H groups in total. The number of methoxy groups -OCH3 is 1.